The van der Waals surface area contributed by atoms with Crippen molar-refractivity contribution >= 4 is 17.3 Å². The summed E-state index contributed by atoms with van der Waals surface area (Å²) < 4.78 is 42.3. The molecule has 0 unspecified atom stereocenters. The van der Waals surface area contributed by atoms with Gasteiger partial charge in [0.05, 0.1) is 12.0 Å². The molecule has 0 aliphatic heterocycles. The maximum absolute atomic E-state index is 12.4. The SMILES string of the molecule is O=CCc1cc2cc(C(F)(F)F)ccc2o1. The van der Waals surface area contributed by atoms with E-state index >= 15 is 0 Å². The monoisotopic (exact) mass is 228 g/mol. The van der Waals surface area contributed by atoms with E-state index in [1.807, 2.05) is 0 Å². The first kappa shape index (κ1) is 10.7. The zero-order valence-corrected chi connectivity index (χ0v) is 8.04. The lowest BCUT2D eigenvalue weighted by Crippen LogP contribution is -2.03. The predicted octanol–water partition coefficient (Wildman–Crippen LogP) is 3.19. The number of hydrogen-bond acceptors (Lipinski definition) is 2. The number of rotatable bonds is 2. The number of halogens is 3. The van der Waals surface area contributed by atoms with Crippen LogP contribution in [0.15, 0.2) is 28.7 Å². The van der Waals surface area contributed by atoms with Crippen molar-refractivity contribution in [2.75, 3.05) is 0 Å². The normalized spacial score (nSPS) is 11.9. The average Bonchev–Trinajstić information content (AvgIpc) is 2.57. The largest absolute Gasteiger partial charge is 0.461 e. The molecule has 0 saturated carbocycles. The molecule has 0 N–H and O–H groups in total. The summed E-state index contributed by atoms with van der Waals surface area (Å²) >= 11 is 0. The highest BCUT2D eigenvalue weighted by molar-refractivity contribution is 5.79. The van der Waals surface area contributed by atoms with Crippen LogP contribution in [0.1, 0.15) is 11.3 Å². The van der Waals surface area contributed by atoms with Crippen LogP contribution in [0.25, 0.3) is 11.0 Å². The van der Waals surface area contributed by atoms with E-state index in [2.05, 4.69) is 0 Å². The number of carbonyl (C=O) groups is 1. The van der Waals surface area contributed by atoms with Gasteiger partial charge in [0, 0.05) is 5.39 Å². The molecule has 5 heteroatoms. The summed E-state index contributed by atoms with van der Waals surface area (Å²) in [5.41, 5.74) is -0.372. The first-order valence-corrected chi connectivity index (χ1v) is 4.54. The van der Waals surface area contributed by atoms with E-state index in [1.54, 1.807) is 0 Å². The molecular formula is C11H7F3O2. The van der Waals surface area contributed by atoms with E-state index in [9.17, 15) is 18.0 Å². The van der Waals surface area contributed by atoms with Gasteiger partial charge in [-0.05, 0) is 24.3 Å². The molecule has 0 bridgehead atoms. The Hall–Kier alpha value is -1.78. The summed E-state index contributed by atoms with van der Waals surface area (Å²) in [7, 11) is 0. The lowest BCUT2D eigenvalue weighted by Gasteiger charge is -2.04. The van der Waals surface area contributed by atoms with Crippen molar-refractivity contribution in [2.24, 2.45) is 0 Å². The Balaban J connectivity index is 2.49. The third kappa shape index (κ3) is 1.93. The predicted molar refractivity (Wildman–Crippen MR) is 51.0 cm³/mol. The lowest BCUT2D eigenvalue weighted by molar-refractivity contribution is -0.137. The molecule has 0 saturated heterocycles. The molecule has 0 amide bonds. The molecular weight excluding hydrogens is 221 g/mol. The van der Waals surface area contributed by atoms with Gasteiger partial charge >= 0.3 is 6.18 Å². The zero-order chi connectivity index (χ0) is 11.8. The second kappa shape index (κ2) is 3.66. The van der Waals surface area contributed by atoms with Crippen molar-refractivity contribution in [3.8, 4) is 0 Å². The maximum atomic E-state index is 12.4. The van der Waals surface area contributed by atoms with Gasteiger partial charge < -0.3 is 9.21 Å². The Morgan fingerprint density at radius 1 is 1.25 bits per heavy atom. The molecule has 0 fully saturated rings. The quantitative estimate of drug-likeness (QED) is 0.739. The van der Waals surface area contributed by atoms with Gasteiger partial charge in [-0.15, -0.1) is 0 Å². The van der Waals surface area contributed by atoms with Gasteiger partial charge in [-0.2, -0.15) is 13.2 Å². The van der Waals surface area contributed by atoms with Gasteiger partial charge in [-0.1, -0.05) is 0 Å². The Bertz CT molecular complexity index is 525. The average molecular weight is 228 g/mol. The highest BCUT2D eigenvalue weighted by atomic mass is 19.4. The number of fused-ring (bicyclic) bond motifs is 1. The number of furan rings is 1. The number of aldehydes is 1. The molecule has 0 aliphatic carbocycles. The summed E-state index contributed by atoms with van der Waals surface area (Å²) in [6.07, 6.45) is -3.66. The van der Waals surface area contributed by atoms with Crippen molar-refractivity contribution in [1.82, 2.24) is 0 Å². The van der Waals surface area contributed by atoms with Crippen molar-refractivity contribution in [3.63, 3.8) is 0 Å². The Labute approximate surface area is 88.7 Å². The summed E-state index contributed by atoms with van der Waals surface area (Å²) in [5, 5.41) is 0.353. The molecule has 0 atom stereocenters. The fourth-order valence-electron chi connectivity index (χ4n) is 1.46. The minimum atomic E-state index is -4.36. The van der Waals surface area contributed by atoms with E-state index in [0.29, 0.717) is 23.0 Å². The number of benzene rings is 1. The molecule has 0 spiro atoms. The van der Waals surface area contributed by atoms with E-state index in [0.717, 1.165) is 12.1 Å². The molecule has 84 valence electrons. The van der Waals surface area contributed by atoms with Crippen molar-refractivity contribution < 1.29 is 22.4 Å². The Morgan fingerprint density at radius 3 is 2.62 bits per heavy atom. The number of carbonyl (C=O) groups excluding carboxylic acids is 1. The molecule has 0 radical (unpaired) electrons. The maximum Gasteiger partial charge on any atom is 0.416 e. The molecule has 2 nitrogen and oxygen atoms in total. The van der Waals surface area contributed by atoms with Crippen LogP contribution in [-0.2, 0) is 17.4 Å². The van der Waals surface area contributed by atoms with Crippen LogP contribution in [0.3, 0.4) is 0 Å². The molecule has 1 heterocycles. The van der Waals surface area contributed by atoms with E-state index in [1.165, 1.54) is 12.1 Å². The summed E-state index contributed by atoms with van der Waals surface area (Å²) in [6.45, 7) is 0. The van der Waals surface area contributed by atoms with Crippen LogP contribution >= 0.6 is 0 Å². The highest BCUT2D eigenvalue weighted by Gasteiger charge is 2.30. The van der Waals surface area contributed by atoms with Gasteiger partial charge in [0.15, 0.2) is 0 Å². The lowest BCUT2D eigenvalue weighted by atomic mass is 10.1. The number of alkyl halides is 3. The number of hydrogen-bond donors (Lipinski definition) is 0. The van der Waals surface area contributed by atoms with E-state index in [4.69, 9.17) is 4.42 Å². The summed E-state index contributed by atoms with van der Waals surface area (Å²) in [4.78, 5) is 10.2. The molecule has 16 heavy (non-hydrogen) atoms. The second-order valence-electron chi connectivity index (χ2n) is 3.33. The highest BCUT2D eigenvalue weighted by Crippen LogP contribution is 2.32. The van der Waals surface area contributed by atoms with Crippen molar-refractivity contribution in [3.05, 3.63) is 35.6 Å². The van der Waals surface area contributed by atoms with Crippen molar-refractivity contribution in [2.45, 2.75) is 12.6 Å². The Morgan fingerprint density at radius 2 is 2.00 bits per heavy atom. The van der Waals surface area contributed by atoms with Gasteiger partial charge in [0.1, 0.15) is 17.6 Å². The third-order valence-corrected chi connectivity index (χ3v) is 2.18. The van der Waals surface area contributed by atoms with Gasteiger partial charge in [0.25, 0.3) is 0 Å². The van der Waals surface area contributed by atoms with Gasteiger partial charge in [-0.25, -0.2) is 0 Å². The zero-order valence-electron chi connectivity index (χ0n) is 8.04. The molecule has 2 aromatic rings. The van der Waals surface area contributed by atoms with Crippen molar-refractivity contribution in [1.29, 1.82) is 0 Å². The minimum absolute atomic E-state index is 0.0655. The van der Waals surface area contributed by atoms with Crippen LogP contribution in [0, 0.1) is 0 Å². The minimum Gasteiger partial charge on any atom is -0.461 e. The fraction of sp³-hybridized carbons (Fsp3) is 0.182. The van der Waals surface area contributed by atoms with Crippen LogP contribution in [0.5, 0.6) is 0 Å². The first-order valence-electron chi connectivity index (χ1n) is 4.54. The second-order valence-corrected chi connectivity index (χ2v) is 3.33. The third-order valence-electron chi connectivity index (χ3n) is 2.18. The summed E-state index contributed by atoms with van der Waals surface area (Å²) in [6, 6.07) is 4.66. The Kier molecular flexibility index (Phi) is 2.46. The molecule has 0 aliphatic rings. The van der Waals surface area contributed by atoms with Gasteiger partial charge in [-0.3, -0.25) is 0 Å². The molecule has 1 aromatic carbocycles. The van der Waals surface area contributed by atoms with Crippen LogP contribution in [-0.4, -0.2) is 6.29 Å². The first-order chi connectivity index (χ1) is 7.50. The van der Waals surface area contributed by atoms with Crippen LogP contribution < -0.4 is 0 Å². The van der Waals surface area contributed by atoms with Crippen LogP contribution in [0.2, 0.25) is 0 Å². The standard InChI is InChI=1S/C11H7F3O2/c12-11(13,14)8-1-2-10-7(5-8)6-9(16-10)3-4-15/h1-2,4-6H,3H2. The summed E-state index contributed by atoms with van der Waals surface area (Å²) in [5.74, 6) is 0.365. The van der Waals surface area contributed by atoms with E-state index < -0.39 is 11.7 Å². The van der Waals surface area contributed by atoms with E-state index in [-0.39, 0.29) is 6.42 Å². The topological polar surface area (TPSA) is 30.2 Å². The molecule has 1 aromatic heterocycles. The molecule has 2 rings (SSSR count). The smallest absolute Gasteiger partial charge is 0.416 e. The van der Waals surface area contributed by atoms with Crippen LogP contribution in [0.4, 0.5) is 13.2 Å². The van der Waals surface area contributed by atoms with Gasteiger partial charge in [0.2, 0.25) is 0 Å². The fourth-order valence-corrected chi connectivity index (χ4v) is 1.46.